The van der Waals surface area contributed by atoms with Crippen molar-refractivity contribution in [1.29, 1.82) is 0 Å². The molecule has 0 radical (unpaired) electrons. The molecule has 1 amide bonds. The molecule has 0 unspecified atom stereocenters. The minimum Gasteiger partial charge on any atom is -0.504 e. The van der Waals surface area contributed by atoms with Crippen molar-refractivity contribution in [2.45, 2.75) is 13.8 Å². The number of phenols is 2. The van der Waals surface area contributed by atoms with Crippen LogP contribution in [0.3, 0.4) is 0 Å². The summed E-state index contributed by atoms with van der Waals surface area (Å²) < 4.78 is 5.14. The number of aromatic hydroxyl groups is 2. The van der Waals surface area contributed by atoms with Crippen molar-refractivity contribution in [2.24, 2.45) is 0 Å². The quantitative estimate of drug-likeness (QED) is 0.277. The van der Waals surface area contributed by atoms with Gasteiger partial charge in [0.15, 0.2) is 16.6 Å². The van der Waals surface area contributed by atoms with Gasteiger partial charge in [0.1, 0.15) is 5.75 Å². The smallest absolute Gasteiger partial charge is 0.250 e. The Hall–Kier alpha value is -3.58. The van der Waals surface area contributed by atoms with Crippen LogP contribution >= 0.6 is 11.3 Å². The Morgan fingerprint density at radius 3 is 2.47 bits per heavy atom. The highest BCUT2D eigenvalue weighted by Crippen LogP contribution is 2.27. The molecule has 0 aliphatic rings. The molecule has 0 spiro atoms. The Bertz CT molecular complexity index is 1020. The first-order valence-electron chi connectivity index (χ1n) is 9.33. The standard InChI is InChI=1S/C21H18N2O4S.C2H6/c1-27-16-9-7-15(8-10-16)17-13-28-21(22-17)23-20(26)5-3-2-4-14-6-11-18(24)19(25)12-14;1-2/h2-13,24-25H,1H3,(H,22,23,26);1-2H3/b4-2+,5-3+;. The van der Waals surface area contributed by atoms with Crippen LogP contribution in [-0.4, -0.2) is 28.2 Å². The van der Waals surface area contributed by atoms with E-state index >= 15 is 0 Å². The van der Waals surface area contributed by atoms with Crippen LogP contribution in [0.2, 0.25) is 0 Å². The second-order valence-electron chi connectivity index (χ2n) is 5.72. The van der Waals surface area contributed by atoms with Crippen molar-refractivity contribution < 1.29 is 19.7 Å². The van der Waals surface area contributed by atoms with Crippen LogP contribution in [0.25, 0.3) is 17.3 Å². The third-order valence-electron chi connectivity index (χ3n) is 3.77. The van der Waals surface area contributed by atoms with E-state index in [0.717, 1.165) is 17.0 Å². The maximum atomic E-state index is 12.0. The lowest BCUT2D eigenvalue weighted by atomic mass is 10.2. The first-order valence-corrected chi connectivity index (χ1v) is 10.2. The van der Waals surface area contributed by atoms with Crippen LogP contribution < -0.4 is 10.1 Å². The molecule has 0 saturated carbocycles. The van der Waals surface area contributed by atoms with Gasteiger partial charge in [0.05, 0.1) is 12.8 Å². The van der Waals surface area contributed by atoms with E-state index in [0.29, 0.717) is 10.7 Å². The number of allylic oxidation sites excluding steroid dienone is 2. The van der Waals surface area contributed by atoms with Crippen LogP contribution in [0.15, 0.2) is 66.1 Å². The largest absolute Gasteiger partial charge is 0.504 e. The van der Waals surface area contributed by atoms with Gasteiger partial charge in [0.25, 0.3) is 0 Å². The van der Waals surface area contributed by atoms with Gasteiger partial charge in [0.2, 0.25) is 5.91 Å². The van der Waals surface area contributed by atoms with Gasteiger partial charge in [-0.25, -0.2) is 4.98 Å². The third kappa shape index (κ3) is 6.49. The van der Waals surface area contributed by atoms with E-state index in [1.807, 2.05) is 43.5 Å². The molecule has 1 heterocycles. The van der Waals surface area contributed by atoms with Crippen LogP contribution in [0.4, 0.5) is 5.13 Å². The summed E-state index contributed by atoms with van der Waals surface area (Å²) in [6.07, 6.45) is 6.33. The number of nitrogens with zero attached hydrogens (tertiary/aromatic N) is 1. The van der Waals surface area contributed by atoms with Crippen LogP contribution in [0.5, 0.6) is 17.2 Å². The highest BCUT2D eigenvalue weighted by atomic mass is 32.1. The predicted molar refractivity (Wildman–Crippen MR) is 122 cm³/mol. The molecule has 1 aromatic heterocycles. The average Bonchev–Trinajstić information content (AvgIpc) is 3.23. The zero-order valence-corrected chi connectivity index (χ0v) is 17.8. The fourth-order valence-corrected chi connectivity index (χ4v) is 3.05. The first kappa shape index (κ1) is 22.7. The van der Waals surface area contributed by atoms with Crippen molar-refractivity contribution in [3.05, 3.63) is 71.6 Å². The minimum absolute atomic E-state index is 0.176. The molecule has 156 valence electrons. The Kier molecular flexibility index (Phi) is 8.65. The van der Waals surface area contributed by atoms with E-state index in [2.05, 4.69) is 10.3 Å². The van der Waals surface area contributed by atoms with Gasteiger partial charge in [-0.05, 0) is 42.0 Å². The van der Waals surface area contributed by atoms with Crippen molar-refractivity contribution in [2.75, 3.05) is 12.4 Å². The number of hydrogen-bond donors (Lipinski definition) is 3. The number of carbonyl (C=O) groups excluding carboxylic acids is 1. The van der Waals surface area contributed by atoms with Crippen LogP contribution in [-0.2, 0) is 4.79 Å². The fraction of sp³-hybridized carbons (Fsp3) is 0.130. The van der Waals surface area contributed by atoms with E-state index in [-0.39, 0.29) is 17.4 Å². The molecule has 0 aliphatic heterocycles. The highest BCUT2D eigenvalue weighted by Gasteiger charge is 2.06. The van der Waals surface area contributed by atoms with E-state index in [9.17, 15) is 15.0 Å². The summed E-state index contributed by atoms with van der Waals surface area (Å²) in [6, 6.07) is 12.0. The molecule has 2 aromatic carbocycles. The van der Waals surface area contributed by atoms with Gasteiger partial charge in [-0.1, -0.05) is 38.1 Å². The van der Waals surface area contributed by atoms with Gasteiger partial charge in [-0.2, -0.15) is 0 Å². The normalized spacial score (nSPS) is 10.6. The maximum Gasteiger partial charge on any atom is 0.250 e. The number of rotatable bonds is 6. The number of benzene rings is 2. The van der Waals surface area contributed by atoms with Gasteiger partial charge < -0.3 is 14.9 Å². The minimum atomic E-state index is -0.297. The molecule has 6 nitrogen and oxygen atoms in total. The van der Waals surface area contributed by atoms with Crippen molar-refractivity contribution in [3.63, 3.8) is 0 Å². The lowest BCUT2D eigenvalue weighted by Gasteiger charge is -2.00. The third-order valence-corrected chi connectivity index (χ3v) is 4.52. The zero-order chi connectivity index (χ0) is 21.9. The molecule has 0 fully saturated rings. The van der Waals surface area contributed by atoms with Crippen molar-refractivity contribution in [3.8, 4) is 28.5 Å². The van der Waals surface area contributed by atoms with E-state index in [4.69, 9.17) is 4.74 Å². The molecule has 3 rings (SSSR count). The van der Waals surface area contributed by atoms with E-state index < -0.39 is 0 Å². The average molecular weight is 425 g/mol. The Morgan fingerprint density at radius 1 is 1.07 bits per heavy atom. The van der Waals surface area contributed by atoms with Gasteiger partial charge in [0, 0.05) is 17.0 Å². The summed E-state index contributed by atoms with van der Waals surface area (Å²) in [7, 11) is 1.61. The van der Waals surface area contributed by atoms with Crippen LogP contribution in [0, 0.1) is 0 Å². The molecular formula is C23H24N2O4S. The van der Waals surface area contributed by atoms with Gasteiger partial charge >= 0.3 is 0 Å². The number of carbonyl (C=O) groups is 1. The molecule has 30 heavy (non-hydrogen) atoms. The van der Waals surface area contributed by atoms with Crippen LogP contribution in [0.1, 0.15) is 19.4 Å². The lowest BCUT2D eigenvalue weighted by molar-refractivity contribution is -0.111. The molecule has 3 aromatic rings. The Morgan fingerprint density at radius 2 is 1.80 bits per heavy atom. The molecule has 0 aliphatic carbocycles. The van der Waals surface area contributed by atoms with Gasteiger partial charge in [-0.3, -0.25) is 10.1 Å². The van der Waals surface area contributed by atoms with E-state index in [1.165, 1.54) is 29.5 Å². The summed E-state index contributed by atoms with van der Waals surface area (Å²) >= 11 is 1.34. The second-order valence-corrected chi connectivity index (χ2v) is 6.58. The number of ether oxygens (including phenoxy) is 1. The second kappa shape index (κ2) is 11.4. The number of anilines is 1. The number of phenolic OH excluding ortho intramolecular Hbond substituents is 2. The highest BCUT2D eigenvalue weighted by molar-refractivity contribution is 7.14. The molecule has 3 N–H and O–H groups in total. The SMILES string of the molecule is CC.COc1ccc(-c2csc(NC(=O)/C=C/C=C/c3ccc(O)c(O)c3)n2)cc1. The fourth-order valence-electron chi connectivity index (χ4n) is 2.33. The van der Waals surface area contributed by atoms with Crippen molar-refractivity contribution in [1.82, 2.24) is 4.98 Å². The molecular weight excluding hydrogens is 400 g/mol. The molecule has 0 saturated heterocycles. The first-order chi connectivity index (χ1) is 14.5. The summed E-state index contributed by atoms with van der Waals surface area (Å²) in [5.74, 6) is 0.104. The Labute approximate surface area is 179 Å². The van der Waals surface area contributed by atoms with Gasteiger partial charge in [-0.15, -0.1) is 11.3 Å². The zero-order valence-electron chi connectivity index (χ0n) is 17.0. The summed E-state index contributed by atoms with van der Waals surface area (Å²) in [5.41, 5.74) is 2.41. The van der Waals surface area contributed by atoms with Crippen molar-refractivity contribution >= 4 is 28.5 Å². The summed E-state index contributed by atoms with van der Waals surface area (Å²) in [4.78, 5) is 16.4. The number of amides is 1. The molecule has 7 heteroatoms. The number of nitrogens with one attached hydrogen (secondary N) is 1. The monoisotopic (exact) mass is 424 g/mol. The summed E-state index contributed by atoms with van der Waals surface area (Å²) in [5, 5.41) is 23.8. The molecule has 0 bridgehead atoms. The van der Waals surface area contributed by atoms with E-state index in [1.54, 1.807) is 31.4 Å². The number of methoxy groups -OCH3 is 1. The number of thiazole rings is 1. The summed E-state index contributed by atoms with van der Waals surface area (Å²) in [6.45, 7) is 4.00. The predicted octanol–water partition coefficient (Wildman–Crippen LogP) is 5.46. The maximum absolute atomic E-state index is 12.0. The lowest BCUT2D eigenvalue weighted by Crippen LogP contribution is -2.07. The molecule has 0 atom stereocenters. The Balaban J connectivity index is 0.00000155. The topological polar surface area (TPSA) is 91.7 Å². The number of hydrogen-bond acceptors (Lipinski definition) is 6. The number of aromatic nitrogens is 1.